The first-order valence-electron chi connectivity index (χ1n) is 6.99. The summed E-state index contributed by atoms with van der Waals surface area (Å²) in [5.74, 6) is 0. The topological polar surface area (TPSA) is 33.1 Å². The molecule has 1 saturated heterocycles. The Balaban J connectivity index is 1.57. The van der Waals surface area contributed by atoms with E-state index in [1.165, 1.54) is 37.9 Å². The SMILES string of the molecule is c1cnn(-c2ccc(CNN3CCCCC3)cc2)c1. The van der Waals surface area contributed by atoms with Crippen LogP contribution in [0.25, 0.3) is 5.69 Å². The molecule has 2 aromatic rings. The number of hydrogen-bond donors (Lipinski definition) is 1. The van der Waals surface area contributed by atoms with Crippen molar-refractivity contribution in [2.45, 2.75) is 25.8 Å². The summed E-state index contributed by atoms with van der Waals surface area (Å²) in [6.45, 7) is 3.25. The molecular formula is C15H20N4. The van der Waals surface area contributed by atoms with E-state index >= 15 is 0 Å². The molecule has 0 atom stereocenters. The molecule has 0 saturated carbocycles. The Kier molecular flexibility index (Phi) is 3.91. The summed E-state index contributed by atoms with van der Waals surface area (Å²) < 4.78 is 1.88. The van der Waals surface area contributed by atoms with Gasteiger partial charge in [-0.15, -0.1) is 0 Å². The first-order chi connectivity index (χ1) is 9.42. The van der Waals surface area contributed by atoms with Gasteiger partial charge in [0.05, 0.1) is 5.69 Å². The van der Waals surface area contributed by atoms with E-state index in [0.29, 0.717) is 0 Å². The Morgan fingerprint density at radius 3 is 2.53 bits per heavy atom. The molecule has 1 N–H and O–H groups in total. The second kappa shape index (κ2) is 5.99. The fourth-order valence-corrected chi connectivity index (χ4v) is 2.44. The van der Waals surface area contributed by atoms with Gasteiger partial charge in [-0.3, -0.25) is 5.43 Å². The van der Waals surface area contributed by atoms with Crippen molar-refractivity contribution in [1.82, 2.24) is 20.2 Å². The molecule has 0 amide bonds. The largest absolute Gasteiger partial charge is 0.251 e. The third-order valence-electron chi connectivity index (χ3n) is 3.57. The molecule has 100 valence electrons. The summed E-state index contributed by atoms with van der Waals surface area (Å²) in [6.07, 6.45) is 7.75. The Morgan fingerprint density at radius 1 is 1.05 bits per heavy atom. The standard InChI is InChI=1S/C15H20N4/c1-2-10-18(11-3-1)17-13-14-5-7-15(8-6-14)19-12-4-9-16-19/h4-9,12,17H,1-3,10-11,13H2. The summed E-state index contributed by atoms with van der Waals surface area (Å²) in [5, 5.41) is 6.57. The number of nitrogens with zero attached hydrogens (tertiary/aromatic N) is 3. The van der Waals surface area contributed by atoms with Crippen LogP contribution in [0, 0.1) is 0 Å². The van der Waals surface area contributed by atoms with Gasteiger partial charge in [0, 0.05) is 32.0 Å². The minimum absolute atomic E-state index is 0.902. The highest BCUT2D eigenvalue weighted by atomic mass is 15.5. The third kappa shape index (κ3) is 3.22. The van der Waals surface area contributed by atoms with Crippen LogP contribution in [-0.4, -0.2) is 27.9 Å². The maximum absolute atomic E-state index is 4.23. The van der Waals surface area contributed by atoms with E-state index in [1.807, 2.05) is 16.9 Å². The number of benzene rings is 1. The number of piperidine rings is 1. The lowest BCUT2D eigenvalue weighted by Crippen LogP contribution is -2.41. The maximum Gasteiger partial charge on any atom is 0.0645 e. The van der Waals surface area contributed by atoms with Crippen LogP contribution >= 0.6 is 0 Å². The van der Waals surface area contributed by atoms with Crippen molar-refractivity contribution in [3.63, 3.8) is 0 Å². The van der Waals surface area contributed by atoms with Gasteiger partial charge < -0.3 is 0 Å². The van der Waals surface area contributed by atoms with E-state index < -0.39 is 0 Å². The Labute approximate surface area is 114 Å². The van der Waals surface area contributed by atoms with Crippen molar-refractivity contribution in [2.75, 3.05) is 13.1 Å². The minimum Gasteiger partial charge on any atom is -0.251 e. The highest BCUT2D eigenvalue weighted by Gasteiger charge is 2.08. The van der Waals surface area contributed by atoms with Gasteiger partial charge in [0.15, 0.2) is 0 Å². The average molecular weight is 256 g/mol. The van der Waals surface area contributed by atoms with E-state index in [-0.39, 0.29) is 0 Å². The third-order valence-corrected chi connectivity index (χ3v) is 3.57. The molecule has 1 aromatic carbocycles. The lowest BCUT2D eigenvalue weighted by Gasteiger charge is -2.27. The first-order valence-corrected chi connectivity index (χ1v) is 6.99. The van der Waals surface area contributed by atoms with Gasteiger partial charge in [-0.1, -0.05) is 18.6 Å². The zero-order valence-electron chi connectivity index (χ0n) is 11.1. The van der Waals surface area contributed by atoms with Crippen molar-refractivity contribution in [3.05, 3.63) is 48.3 Å². The predicted octanol–water partition coefficient (Wildman–Crippen LogP) is 2.36. The van der Waals surface area contributed by atoms with Crippen LogP contribution in [0.5, 0.6) is 0 Å². The number of hydrogen-bond acceptors (Lipinski definition) is 3. The van der Waals surface area contributed by atoms with Crippen molar-refractivity contribution in [3.8, 4) is 5.69 Å². The molecule has 1 fully saturated rings. The average Bonchev–Trinajstić information content (AvgIpc) is 3.01. The molecule has 1 aliphatic heterocycles. The zero-order chi connectivity index (χ0) is 12.9. The highest BCUT2D eigenvalue weighted by Crippen LogP contribution is 2.10. The molecule has 2 heterocycles. The number of aromatic nitrogens is 2. The lowest BCUT2D eigenvalue weighted by atomic mass is 10.1. The van der Waals surface area contributed by atoms with Crippen LogP contribution in [-0.2, 0) is 6.54 Å². The van der Waals surface area contributed by atoms with Crippen molar-refractivity contribution in [2.24, 2.45) is 0 Å². The van der Waals surface area contributed by atoms with Crippen LogP contribution in [0.15, 0.2) is 42.7 Å². The summed E-state index contributed by atoms with van der Waals surface area (Å²) in [7, 11) is 0. The van der Waals surface area contributed by atoms with Gasteiger partial charge in [-0.2, -0.15) is 5.10 Å². The van der Waals surface area contributed by atoms with Crippen LogP contribution in [0.4, 0.5) is 0 Å². The van der Waals surface area contributed by atoms with Gasteiger partial charge in [-0.05, 0) is 36.6 Å². The first kappa shape index (κ1) is 12.4. The molecule has 0 bridgehead atoms. The Morgan fingerprint density at radius 2 is 1.84 bits per heavy atom. The monoisotopic (exact) mass is 256 g/mol. The molecule has 0 unspecified atom stereocenters. The molecular weight excluding hydrogens is 236 g/mol. The quantitative estimate of drug-likeness (QED) is 0.911. The normalized spacial score (nSPS) is 16.6. The summed E-state index contributed by atoms with van der Waals surface area (Å²) in [6, 6.07) is 10.5. The summed E-state index contributed by atoms with van der Waals surface area (Å²) in [4.78, 5) is 0. The van der Waals surface area contributed by atoms with Gasteiger partial charge in [0.2, 0.25) is 0 Å². The van der Waals surface area contributed by atoms with E-state index in [0.717, 1.165) is 12.2 Å². The minimum atomic E-state index is 0.902. The zero-order valence-corrected chi connectivity index (χ0v) is 11.1. The molecule has 4 heteroatoms. The van der Waals surface area contributed by atoms with Crippen LogP contribution in [0.2, 0.25) is 0 Å². The Hall–Kier alpha value is -1.65. The second-order valence-corrected chi connectivity index (χ2v) is 5.00. The number of hydrazine groups is 1. The van der Waals surface area contributed by atoms with Crippen molar-refractivity contribution >= 4 is 0 Å². The van der Waals surface area contributed by atoms with Gasteiger partial charge in [0.1, 0.15) is 0 Å². The molecule has 0 radical (unpaired) electrons. The van der Waals surface area contributed by atoms with Gasteiger partial charge in [-0.25, -0.2) is 9.69 Å². The van der Waals surface area contributed by atoms with E-state index in [4.69, 9.17) is 0 Å². The van der Waals surface area contributed by atoms with Crippen LogP contribution in [0.1, 0.15) is 24.8 Å². The van der Waals surface area contributed by atoms with Crippen molar-refractivity contribution in [1.29, 1.82) is 0 Å². The fourth-order valence-electron chi connectivity index (χ4n) is 2.44. The highest BCUT2D eigenvalue weighted by molar-refractivity contribution is 5.33. The molecule has 1 aliphatic rings. The predicted molar refractivity (Wildman–Crippen MR) is 75.8 cm³/mol. The molecule has 3 rings (SSSR count). The smallest absolute Gasteiger partial charge is 0.0645 e. The van der Waals surface area contributed by atoms with Crippen molar-refractivity contribution < 1.29 is 0 Å². The number of nitrogens with one attached hydrogen (secondary N) is 1. The molecule has 0 aliphatic carbocycles. The maximum atomic E-state index is 4.23. The Bertz CT molecular complexity index is 483. The fraction of sp³-hybridized carbons (Fsp3) is 0.400. The van der Waals surface area contributed by atoms with Crippen LogP contribution in [0.3, 0.4) is 0 Å². The molecule has 1 aromatic heterocycles. The van der Waals surface area contributed by atoms with E-state index in [1.54, 1.807) is 6.20 Å². The lowest BCUT2D eigenvalue weighted by molar-refractivity contribution is 0.151. The molecule has 0 spiro atoms. The van der Waals surface area contributed by atoms with Gasteiger partial charge >= 0.3 is 0 Å². The summed E-state index contributed by atoms with van der Waals surface area (Å²) in [5.41, 5.74) is 5.91. The van der Waals surface area contributed by atoms with Gasteiger partial charge in [0.25, 0.3) is 0 Å². The summed E-state index contributed by atoms with van der Waals surface area (Å²) >= 11 is 0. The van der Waals surface area contributed by atoms with Crippen LogP contribution < -0.4 is 5.43 Å². The molecule has 19 heavy (non-hydrogen) atoms. The number of rotatable bonds is 4. The second-order valence-electron chi connectivity index (χ2n) is 5.00. The van der Waals surface area contributed by atoms with E-state index in [2.05, 4.69) is 39.8 Å². The van der Waals surface area contributed by atoms with E-state index in [9.17, 15) is 0 Å². The molecule has 4 nitrogen and oxygen atoms in total.